The molecule has 0 bridgehead atoms. The molecule has 2 rings (SSSR count). The van der Waals surface area contributed by atoms with Gasteiger partial charge in [0.05, 0.1) is 15.8 Å². The maximum atomic E-state index is 13.1. The molecule has 0 atom stereocenters. The number of benzene rings is 1. The molecule has 1 heterocycles. The zero-order chi connectivity index (χ0) is 12.6. The highest BCUT2D eigenvalue weighted by Crippen LogP contribution is 2.20. The van der Waals surface area contributed by atoms with E-state index in [1.54, 1.807) is 17.7 Å². The van der Waals surface area contributed by atoms with E-state index in [0.29, 0.717) is 17.9 Å². The average Bonchev–Trinajstić information content (AvgIpc) is 2.52. The molecule has 0 fully saturated rings. The molecular weight excluding hydrogens is 332 g/mol. The minimum Gasteiger partial charge on any atom is -0.383 e. The molecule has 0 spiro atoms. The molecule has 0 radical (unpaired) electrons. The van der Waals surface area contributed by atoms with Crippen LogP contribution in [-0.2, 0) is 6.54 Å². The Hall–Kier alpha value is -1.11. The maximum Gasteiger partial charge on any atom is 0.135 e. The fraction of sp³-hybridized carbons (Fsp3) is 0.250. The van der Waals surface area contributed by atoms with Crippen molar-refractivity contribution in [2.75, 3.05) is 5.73 Å². The lowest BCUT2D eigenvalue weighted by Crippen LogP contribution is -2.06. The number of nitrogens with zero attached hydrogens (tertiary/aromatic N) is 2. The first-order valence-electron chi connectivity index (χ1n) is 5.22. The lowest BCUT2D eigenvalue weighted by Gasteiger charge is -2.06. The van der Waals surface area contributed by atoms with Crippen LogP contribution in [0.1, 0.15) is 16.8 Å². The SMILES string of the molecule is Cc1cc(Cn2nc(C)c(I)c2N)ccc1F. The fourth-order valence-corrected chi connectivity index (χ4v) is 2.06. The molecular formula is C12H13FIN3. The first-order valence-corrected chi connectivity index (χ1v) is 6.30. The Morgan fingerprint density at radius 2 is 2.12 bits per heavy atom. The smallest absolute Gasteiger partial charge is 0.135 e. The Bertz CT molecular complexity index is 563. The highest BCUT2D eigenvalue weighted by atomic mass is 127. The molecule has 1 aromatic heterocycles. The number of hydrogen-bond donors (Lipinski definition) is 1. The van der Waals surface area contributed by atoms with Gasteiger partial charge in [0.15, 0.2) is 0 Å². The monoisotopic (exact) mass is 345 g/mol. The number of aryl methyl sites for hydroxylation is 2. The van der Waals surface area contributed by atoms with E-state index in [4.69, 9.17) is 5.73 Å². The summed E-state index contributed by atoms with van der Waals surface area (Å²) in [5.41, 5.74) is 8.49. The van der Waals surface area contributed by atoms with Gasteiger partial charge in [-0.1, -0.05) is 12.1 Å². The van der Waals surface area contributed by atoms with Crippen molar-refractivity contribution in [3.8, 4) is 0 Å². The number of halogens is 2. The van der Waals surface area contributed by atoms with Gasteiger partial charge in [-0.05, 0) is 53.6 Å². The van der Waals surface area contributed by atoms with E-state index < -0.39 is 0 Å². The standard InChI is InChI=1S/C12H13FIN3/c1-7-5-9(3-4-10(7)13)6-17-12(15)11(14)8(2)16-17/h3-5H,6,15H2,1-2H3. The molecule has 3 nitrogen and oxygen atoms in total. The molecule has 0 aliphatic heterocycles. The highest BCUT2D eigenvalue weighted by molar-refractivity contribution is 14.1. The van der Waals surface area contributed by atoms with Crippen molar-refractivity contribution < 1.29 is 4.39 Å². The van der Waals surface area contributed by atoms with Crippen molar-refractivity contribution in [1.29, 1.82) is 0 Å². The summed E-state index contributed by atoms with van der Waals surface area (Å²) in [7, 11) is 0. The predicted octanol–water partition coefficient (Wildman–Crippen LogP) is 2.87. The van der Waals surface area contributed by atoms with Gasteiger partial charge in [0.1, 0.15) is 11.6 Å². The zero-order valence-corrected chi connectivity index (χ0v) is 11.8. The van der Waals surface area contributed by atoms with Crippen LogP contribution in [0.2, 0.25) is 0 Å². The molecule has 0 unspecified atom stereocenters. The quantitative estimate of drug-likeness (QED) is 0.851. The van der Waals surface area contributed by atoms with Crippen LogP contribution in [0.25, 0.3) is 0 Å². The normalized spacial score (nSPS) is 10.8. The molecule has 17 heavy (non-hydrogen) atoms. The number of aromatic nitrogens is 2. The van der Waals surface area contributed by atoms with Gasteiger partial charge in [-0.3, -0.25) is 0 Å². The first kappa shape index (κ1) is 12.3. The lowest BCUT2D eigenvalue weighted by molar-refractivity contribution is 0.615. The summed E-state index contributed by atoms with van der Waals surface area (Å²) in [5, 5.41) is 4.35. The van der Waals surface area contributed by atoms with E-state index in [9.17, 15) is 4.39 Å². The molecule has 5 heteroatoms. The van der Waals surface area contributed by atoms with Gasteiger partial charge < -0.3 is 5.73 Å². The number of rotatable bonds is 2. The third-order valence-electron chi connectivity index (χ3n) is 2.65. The van der Waals surface area contributed by atoms with Crippen molar-refractivity contribution in [1.82, 2.24) is 9.78 Å². The second kappa shape index (κ2) is 4.64. The summed E-state index contributed by atoms with van der Waals surface area (Å²) in [6.45, 7) is 4.24. The molecule has 0 saturated carbocycles. The minimum atomic E-state index is -0.187. The van der Waals surface area contributed by atoms with Crippen molar-refractivity contribution in [2.24, 2.45) is 0 Å². The second-order valence-electron chi connectivity index (χ2n) is 4.03. The highest BCUT2D eigenvalue weighted by Gasteiger charge is 2.10. The summed E-state index contributed by atoms with van der Waals surface area (Å²) in [5.74, 6) is 0.470. The fourth-order valence-electron chi connectivity index (χ4n) is 1.68. The van der Waals surface area contributed by atoms with Gasteiger partial charge in [0.2, 0.25) is 0 Å². The maximum absolute atomic E-state index is 13.1. The van der Waals surface area contributed by atoms with E-state index in [1.165, 1.54) is 6.07 Å². The van der Waals surface area contributed by atoms with E-state index >= 15 is 0 Å². The third kappa shape index (κ3) is 2.43. The number of hydrogen-bond acceptors (Lipinski definition) is 2. The first-order chi connectivity index (χ1) is 7.99. The van der Waals surface area contributed by atoms with E-state index in [1.807, 2.05) is 13.0 Å². The van der Waals surface area contributed by atoms with Crippen LogP contribution in [0, 0.1) is 23.2 Å². The second-order valence-corrected chi connectivity index (χ2v) is 5.10. The number of anilines is 1. The van der Waals surface area contributed by atoms with Crippen LogP contribution in [0.4, 0.5) is 10.2 Å². The molecule has 0 aliphatic carbocycles. The number of nitrogen functional groups attached to an aromatic ring is 1. The third-order valence-corrected chi connectivity index (χ3v) is 3.98. The van der Waals surface area contributed by atoms with Crippen LogP contribution in [0.3, 0.4) is 0 Å². The summed E-state index contributed by atoms with van der Waals surface area (Å²) in [6.07, 6.45) is 0. The average molecular weight is 345 g/mol. The lowest BCUT2D eigenvalue weighted by atomic mass is 10.1. The molecule has 2 N–H and O–H groups in total. The van der Waals surface area contributed by atoms with Crippen molar-refractivity contribution in [2.45, 2.75) is 20.4 Å². The summed E-state index contributed by atoms with van der Waals surface area (Å²) in [4.78, 5) is 0. The minimum absolute atomic E-state index is 0.187. The Labute approximate surface area is 113 Å². The Kier molecular flexibility index (Phi) is 3.37. The van der Waals surface area contributed by atoms with Gasteiger partial charge in [0.25, 0.3) is 0 Å². The van der Waals surface area contributed by atoms with Gasteiger partial charge in [-0.25, -0.2) is 9.07 Å². The Balaban J connectivity index is 2.31. The molecule has 90 valence electrons. The van der Waals surface area contributed by atoms with Crippen LogP contribution in [0.5, 0.6) is 0 Å². The number of nitrogens with two attached hydrogens (primary N) is 1. The van der Waals surface area contributed by atoms with E-state index in [2.05, 4.69) is 27.7 Å². The van der Waals surface area contributed by atoms with E-state index in [0.717, 1.165) is 14.8 Å². The molecule has 1 aromatic carbocycles. The van der Waals surface area contributed by atoms with Crippen LogP contribution in [0.15, 0.2) is 18.2 Å². The van der Waals surface area contributed by atoms with Gasteiger partial charge in [-0.15, -0.1) is 0 Å². The Morgan fingerprint density at radius 3 is 2.65 bits per heavy atom. The molecule has 0 saturated heterocycles. The topological polar surface area (TPSA) is 43.8 Å². The van der Waals surface area contributed by atoms with Crippen molar-refractivity contribution in [3.63, 3.8) is 0 Å². The van der Waals surface area contributed by atoms with Crippen LogP contribution in [-0.4, -0.2) is 9.78 Å². The predicted molar refractivity (Wildman–Crippen MR) is 74.3 cm³/mol. The zero-order valence-electron chi connectivity index (χ0n) is 9.67. The van der Waals surface area contributed by atoms with Crippen molar-refractivity contribution >= 4 is 28.4 Å². The Morgan fingerprint density at radius 1 is 1.41 bits per heavy atom. The largest absolute Gasteiger partial charge is 0.383 e. The summed E-state index contributed by atoms with van der Waals surface area (Å²) in [6, 6.07) is 5.05. The van der Waals surface area contributed by atoms with Crippen molar-refractivity contribution in [3.05, 3.63) is 44.4 Å². The van der Waals surface area contributed by atoms with Gasteiger partial charge in [0, 0.05) is 0 Å². The molecule has 0 aliphatic rings. The summed E-state index contributed by atoms with van der Waals surface area (Å²) >= 11 is 2.18. The van der Waals surface area contributed by atoms with E-state index in [-0.39, 0.29) is 5.82 Å². The van der Waals surface area contributed by atoms with Gasteiger partial charge in [-0.2, -0.15) is 5.10 Å². The molecule has 2 aromatic rings. The van der Waals surface area contributed by atoms with Crippen LogP contribution < -0.4 is 5.73 Å². The van der Waals surface area contributed by atoms with Gasteiger partial charge >= 0.3 is 0 Å². The molecule has 0 amide bonds. The summed E-state index contributed by atoms with van der Waals surface area (Å²) < 4.78 is 15.9. The van der Waals surface area contributed by atoms with Crippen LogP contribution >= 0.6 is 22.6 Å².